The SMILES string of the molecule is CC(C)=C(C)C.CC(C)=C(C)C.CC(C)=C(C)C. The lowest BCUT2D eigenvalue weighted by molar-refractivity contribution is 1.23. The Morgan fingerprint density at radius 1 is 0.222 bits per heavy atom. The van der Waals surface area contributed by atoms with Gasteiger partial charge in [0.1, 0.15) is 0 Å². The highest BCUT2D eigenvalue weighted by Gasteiger charge is 1.76. The summed E-state index contributed by atoms with van der Waals surface area (Å²) in [5.41, 5.74) is 8.56. The molecule has 0 unspecified atom stereocenters. The van der Waals surface area contributed by atoms with E-state index in [2.05, 4.69) is 83.1 Å². The molecule has 0 amide bonds. The van der Waals surface area contributed by atoms with E-state index in [0.29, 0.717) is 0 Å². The van der Waals surface area contributed by atoms with Crippen molar-refractivity contribution in [1.29, 1.82) is 0 Å². The van der Waals surface area contributed by atoms with Crippen molar-refractivity contribution < 1.29 is 0 Å². The minimum Gasteiger partial charge on any atom is -0.0778 e. The number of hydrogen-bond acceptors (Lipinski definition) is 0. The van der Waals surface area contributed by atoms with Crippen molar-refractivity contribution in [3.05, 3.63) is 33.4 Å². The van der Waals surface area contributed by atoms with Gasteiger partial charge >= 0.3 is 0 Å². The van der Waals surface area contributed by atoms with Crippen LogP contribution in [0, 0.1) is 0 Å². The molecule has 0 radical (unpaired) electrons. The molecule has 0 bridgehead atoms. The fraction of sp³-hybridized carbons (Fsp3) is 0.667. The van der Waals surface area contributed by atoms with Crippen molar-refractivity contribution in [2.24, 2.45) is 0 Å². The molecule has 0 atom stereocenters. The van der Waals surface area contributed by atoms with E-state index in [4.69, 9.17) is 0 Å². The first-order chi connectivity index (χ1) is 7.93. The van der Waals surface area contributed by atoms with Crippen molar-refractivity contribution in [3.63, 3.8) is 0 Å². The lowest BCUT2D eigenvalue weighted by Gasteiger charge is -1.88. The molecule has 18 heavy (non-hydrogen) atoms. The van der Waals surface area contributed by atoms with Crippen molar-refractivity contribution in [2.45, 2.75) is 83.1 Å². The summed E-state index contributed by atoms with van der Waals surface area (Å²) in [6.45, 7) is 25.4. The summed E-state index contributed by atoms with van der Waals surface area (Å²) < 4.78 is 0. The van der Waals surface area contributed by atoms with Crippen LogP contribution >= 0.6 is 0 Å². The molecule has 0 saturated carbocycles. The summed E-state index contributed by atoms with van der Waals surface area (Å²) in [6.07, 6.45) is 0. The Morgan fingerprint density at radius 2 is 0.278 bits per heavy atom. The summed E-state index contributed by atoms with van der Waals surface area (Å²) in [6, 6.07) is 0. The molecule has 0 heteroatoms. The second kappa shape index (κ2) is 12.7. The first-order valence-electron chi connectivity index (χ1n) is 6.75. The molecule has 0 aliphatic rings. The zero-order chi connectivity index (χ0) is 15.5. The molecule has 0 aliphatic heterocycles. The maximum atomic E-state index is 2.12. The zero-order valence-corrected chi connectivity index (χ0v) is 15.0. The van der Waals surface area contributed by atoms with Gasteiger partial charge in [0.15, 0.2) is 0 Å². The van der Waals surface area contributed by atoms with Crippen LogP contribution in [0.3, 0.4) is 0 Å². The second-order valence-electron chi connectivity index (χ2n) is 6.00. The predicted octanol–water partition coefficient (Wildman–Crippen LogP) is 7.09. The lowest BCUT2D eigenvalue weighted by atomic mass is 10.2. The first-order valence-corrected chi connectivity index (χ1v) is 6.75. The molecule has 0 fully saturated rings. The Morgan fingerprint density at radius 3 is 0.278 bits per heavy atom. The quantitative estimate of drug-likeness (QED) is 0.404. The molecule has 0 heterocycles. The minimum atomic E-state index is 1.43. The van der Waals surface area contributed by atoms with Gasteiger partial charge in [-0.1, -0.05) is 33.4 Å². The Bertz CT molecular complexity index is 203. The fourth-order valence-electron chi connectivity index (χ4n) is 0. The Labute approximate surface area is 117 Å². The summed E-state index contributed by atoms with van der Waals surface area (Å²) >= 11 is 0. The molecule has 108 valence electrons. The van der Waals surface area contributed by atoms with Gasteiger partial charge in [0.05, 0.1) is 0 Å². The Balaban J connectivity index is -0.000000187. The van der Waals surface area contributed by atoms with Crippen molar-refractivity contribution in [1.82, 2.24) is 0 Å². The van der Waals surface area contributed by atoms with Gasteiger partial charge in [-0.2, -0.15) is 0 Å². The van der Waals surface area contributed by atoms with E-state index in [9.17, 15) is 0 Å². The molecule has 0 aromatic rings. The van der Waals surface area contributed by atoms with Crippen LogP contribution in [0.15, 0.2) is 33.4 Å². The summed E-state index contributed by atoms with van der Waals surface area (Å²) in [5.74, 6) is 0. The summed E-state index contributed by atoms with van der Waals surface area (Å²) in [5, 5.41) is 0. The van der Waals surface area contributed by atoms with Gasteiger partial charge in [-0.15, -0.1) is 0 Å². The van der Waals surface area contributed by atoms with Crippen LogP contribution < -0.4 is 0 Å². The molecule has 0 spiro atoms. The van der Waals surface area contributed by atoms with Crippen molar-refractivity contribution in [2.75, 3.05) is 0 Å². The average molecular weight is 252 g/mol. The van der Waals surface area contributed by atoms with Crippen LogP contribution in [0.4, 0.5) is 0 Å². The van der Waals surface area contributed by atoms with Gasteiger partial charge in [0.25, 0.3) is 0 Å². The molecule has 0 aromatic heterocycles. The third kappa shape index (κ3) is 24.4. The normalized spacial score (nSPS) is 8.00. The highest BCUT2D eigenvalue weighted by atomic mass is 13.8. The maximum absolute atomic E-state index is 2.12. The highest BCUT2D eigenvalue weighted by molar-refractivity contribution is 5.03. The third-order valence-corrected chi connectivity index (χ3v) is 3.00. The number of rotatable bonds is 0. The topological polar surface area (TPSA) is 0 Å². The molecule has 0 N–H and O–H groups in total. The van der Waals surface area contributed by atoms with Gasteiger partial charge in [-0.3, -0.25) is 0 Å². The first kappa shape index (κ1) is 22.4. The van der Waals surface area contributed by atoms with Gasteiger partial charge in [0.2, 0.25) is 0 Å². The van der Waals surface area contributed by atoms with Crippen LogP contribution in [0.25, 0.3) is 0 Å². The maximum Gasteiger partial charge on any atom is -0.0440 e. The smallest absolute Gasteiger partial charge is 0.0440 e. The standard InChI is InChI=1S/3C6H12/c3*1-5(2)6(3)4/h3*1-4H3. The van der Waals surface area contributed by atoms with E-state index in [0.717, 1.165) is 0 Å². The van der Waals surface area contributed by atoms with Crippen LogP contribution in [0.2, 0.25) is 0 Å². The highest BCUT2D eigenvalue weighted by Crippen LogP contribution is 1.98. The van der Waals surface area contributed by atoms with Gasteiger partial charge in [-0.05, 0) is 83.1 Å². The lowest BCUT2D eigenvalue weighted by Crippen LogP contribution is -1.66. The van der Waals surface area contributed by atoms with Gasteiger partial charge in [-0.25, -0.2) is 0 Å². The minimum absolute atomic E-state index is 1.43. The molecular weight excluding hydrogens is 216 g/mol. The number of hydrogen-bond donors (Lipinski definition) is 0. The van der Waals surface area contributed by atoms with Crippen LogP contribution in [0.5, 0.6) is 0 Å². The van der Waals surface area contributed by atoms with E-state index in [1.807, 2.05) is 0 Å². The van der Waals surface area contributed by atoms with E-state index in [-0.39, 0.29) is 0 Å². The van der Waals surface area contributed by atoms with Crippen LogP contribution in [-0.4, -0.2) is 0 Å². The fourth-order valence-corrected chi connectivity index (χ4v) is 0. The predicted molar refractivity (Wildman–Crippen MR) is 89.2 cm³/mol. The van der Waals surface area contributed by atoms with Gasteiger partial charge < -0.3 is 0 Å². The summed E-state index contributed by atoms with van der Waals surface area (Å²) in [4.78, 5) is 0. The average Bonchev–Trinajstić information content (AvgIpc) is 2.18. The van der Waals surface area contributed by atoms with Crippen LogP contribution in [0.1, 0.15) is 83.1 Å². The monoisotopic (exact) mass is 252 g/mol. The third-order valence-electron chi connectivity index (χ3n) is 3.00. The molecule has 0 aromatic carbocycles. The van der Waals surface area contributed by atoms with E-state index < -0.39 is 0 Å². The van der Waals surface area contributed by atoms with Crippen LogP contribution in [-0.2, 0) is 0 Å². The number of allylic oxidation sites excluding steroid dienone is 6. The Hall–Kier alpha value is -0.780. The van der Waals surface area contributed by atoms with E-state index in [1.54, 1.807) is 0 Å². The molecule has 0 nitrogen and oxygen atoms in total. The molecule has 0 rings (SSSR count). The molecular formula is C18H36. The zero-order valence-electron chi connectivity index (χ0n) is 15.0. The van der Waals surface area contributed by atoms with Crippen molar-refractivity contribution >= 4 is 0 Å². The van der Waals surface area contributed by atoms with Gasteiger partial charge in [0, 0.05) is 0 Å². The van der Waals surface area contributed by atoms with Crippen molar-refractivity contribution in [3.8, 4) is 0 Å². The summed E-state index contributed by atoms with van der Waals surface area (Å²) in [7, 11) is 0. The molecule has 0 saturated heterocycles. The second-order valence-corrected chi connectivity index (χ2v) is 6.00. The largest absolute Gasteiger partial charge is 0.0778 e. The Kier molecular flexibility index (Phi) is 15.8. The molecule has 0 aliphatic carbocycles. The van der Waals surface area contributed by atoms with E-state index in [1.165, 1.54) is 33.4 Å². The van der Waals surface area contributed by atoms with E-state index >= 15 is 0 Å².